The van der Waals surface area contributed by atoms with Gasteiger partial charge in [0.05, 0.1) is 0 Å². The van der Waals surface area contributed by atoms with E-state index in [0.29, 0.717) is 0 Å². The second-order valence-corrected chi connectivity index (χ2v) is 4.69. The predicted molar refractivity (Wildman–Crippen MR) is 70.1 cm³/mol. The Hall–Kier alpha value is -1.51. The third-order valence-corrected chi connectivity index (χ3v) is 3.59. The SMILES string of the molecule is CCc1ccc2c(c1)CCCN2[C@@H](C)C(N)=O. The van der Waals surface area contributed by atoms with Crippen LogP contribution in [0.2, 0.25) is 0 Å². The third kappa shape index (κ3) is 2.28. The molecule has 1 atom stereocenters. The van der Waals surface area contributed by atoms with Gasteiger partial charge in [0, 0.05) is 12.2 Å². The number of anilines is 1. The number of primary amides is 1. The lowest BCUT2D eigenvalue weighted by atomic mass is 9.97. The zero-order valence-electron chi connectivity index (χ0n) is 10.6. The summed E-state index contributed by atoms with van der Waals surface area (Å²) in [7, 11) is 0. The lowest BCUT2D eigenvalue weighted by Crippen LogP contribution is -2.45. The monoisotopic (exact) mass is 232 g/mol. The van der Waals surface area contributed by atoms with Crippen molar-refractivity contribution >= 4 is 11.6 Å². The van der Waals surface area contributed by atoms with E-state index >= 15 is 0 Å². The molecule has 1 aliphatic heterocycles. The van der Waals surface area contributed by atoms with Gasteiger partial charge in [-0.3, -0.25) is 4.79 Å². The molecule has 0 bridgehead atoms. The van der Waals surface area contributed by atoms with Crippen LogP contribution in [0.1, 0.15) is 31.4 Å². The van der Waals surface area contributed by atoms with Crippen molar-refractivity contribution in [3.8, 4) is 0 Å². The summed E-state index contributed by atoms with van der Waals surface area (Å²) in [6, 6.07) is 6.31. The molecule has 92 valence electrons. The molecule has 1 aromatic rings. The Bertz CT molecular complexity index is 428. The summed E-state index contributed by atoms with van der Waals surface area (Å²) in [6.45, 7) is 4.96. The Labute approximate surface area is 103 Å². The maximum Gasteiger partial charge on any atom is 0.239 e. The lowest BCUT2D eigenvalue weighted by molar-refractivity contribution is -0.119. The molecule has 0 spiro atoms. The van der Waals surface area contributed by atoms with Crippen LogP contribution in [0.15, 0.2) is 18.2 Å². The molecule has 0 aromatic heterocycles. The summed E-state index contributed by atoms with van der Waals surface area (Å²) in [5.74, 6) is -0.252. The zero-order valence-corrected chi connectivity index (χ0v) is 10.6. The molecule has 1 aromatic carbocycles. The van der Waals surface area contributed by atoms with Crippen LogP contribution in [-0.4, -0.2) is 18.5 Å². The predicted octanol–water partition coefficient (Wildman–Crippen LogP) is 1.88. The number of amides is 1. The first kappa shape index (κ1) is 12.0. The normalized spacial score (nSPS) is 16.5. The number of hydrogen-bond donors (Lipinski definition) is 1. The fourth-order valence-corrected chi connectivity index (χ4v) is 2.46. The van der Waals surface area contributed by atoms with Crippen molar-refractivity contribution in [1.82, 2.24) is 0 Å². The molecule has 2 N–H and O–H groups in total. The van der Waals surface area contributed by atoms with Crippen molar-refractivity contribution in [3.05, 3.63) is 29.3 Å². The molecule has 0 aliphatic carbocycles. The summed E-state index contributed by atoms with van der Waals surface area (Å²) < 4.78 is 0. The van der Waals surface area contributed by atoms with E-state index in [0.717, 1.165) is 25.8 Å². The van der Waals surface area contributed by atoms with Crippen molar-refractivity contribution in [1.29, 1.82) is 0 Å². The van der Waals surface area contributed by atoms with Crippen molar-refractivity contribution in [2.75, 3.05) is 11.4 Å². The number of nitrogens with two attached hydrogens (primary N) is 1. The molecule has 1 aliphatic rings. The van der Waals surface area contributed by atoms with Crippen molar-refractivity contribution in [2.24, 2.45) is 5.73 Å². The number of nitrogens with zero attached hydrogens (tertiary/aromatic N) is 1. The molecule has 0 radical (unpaired) electrons. The standard InChI is InChI=1S/C14H20N2O/c1-3-11-6-7-13-12(9-11)5-4-8-16(13)10(2)14(15)17/h6-7,9-10H,3-5,8H2,1-2H3,(H2,15,17)/t10-/m0/s1. The highest BCUT2D eigenvalue weighted by molar-refractivity contribution is 5.83. The zero-order chi connectivity index (χ0) is 12.4. The third-order valence-electron chi connectivity index (χ3n) is 3.59. The number of benzene rings is 1. The van der Waals surface area contributed by atoms with Gasteiger partial charge in [0.15, 0.2) is 0 Å². The number of aryl methyl sites for hydroxylation is 2. The molecule has 2 rings (SSSR count). The van der Waals surface area contributed by atoms with Crippen LogP contribution in [0.25, 0.3) is 0 Å². The minimum atomic E-state index is -0.252. The highest BCUT2D eigenvalue weighted by Gasteiger charge is 2.24. The molecular weight excluding hydrogens is 212 g/mol. The van der Waals surface area contributed by atoms with Crippen molar-refractivity contribution in [3.63, 3.8) is 0 Å². The van der Waals surface area contributed by atoms with E-state index in [-0.39, 0.29) is 11.9 Å². The first-order valence-electron chi connectivity index (χ1n) is 6.31. The Morgan fingerprint density at radius 3 is 2.94 bits per heavy atom. The van der Waals surface area contributed by atoms with Gasteiger partial charge in [0.1, 0.15) is 6.04 Å². The second kappa shape index (κ2) is 4.78. The Morgan fingerprint density at radius 2 is 2.29 bits per heavy atom. The Kier molecular flexibility index (Phi) is 3.36. The molecule has 0 unspecified atom stereocenters. The molecule has 3 nitrogen and oxygen atoms in total. The maximum absolute atomic E-state index is 11.3. The molecular formula is C14H20N2O. The van der Waals surface area contributed by atoms with Crippen LogP contribution < -0.4 is 10.6 Å². The van der Waals surface area contributed by atoms with Gasteiger partial charge in [-0.05, 0) is 43.4 Å². The number of hydrogen-bond acceptors (Lipinski definition) is 2. The van der Waals surface area contributed by atoms with Gasteiger partial charge in [0.25, 0.3) is 0 Å². The minimum Gasteiger partial charge on any atom is -0.368 e. The average Bonchev–Trinajstić information content (AvgIpc) is 2.36. The highest BCUT2D eigenvalue weighted by atomic mass is 16.1. The lowest BCUT2D eigenvalue weighted by Gasteiger charge is -2.35. The van der Waals surface area contributed by atoms with Crippen LogP contribution in [0.3, 0.4) is 0 Å². The molecule has 3 heteroatoms. The molecule has 0 fully saturated rings. The van der Waals surface area contributed by atoms with Crippen LogP contribution in [-0.2, 0) is 17.6 Å². The number of carbonyl (C=O) groups excluding carboxylic acids is 1. The van der Waals surface area contributed by atoms with Crippen LogP contribution in [0.4, 0.5) is 5.69 Å². The van der Waals surface area contributed by atoms with Gasteiger partial charge < -0.3 is 10.6 Å². The van der Waals surface area contributed by atoms with Crippen LogP contribution in [0, 0.1) is 0 Å². The number of rotatable bonds is 3. The first-order chi connectivity index (χ1) is 8.13. The fraction of sp³-hybridized carbons (Fsp3) is 0.500. The van der Waals surface area contributed by atoms with E-state index in [1.54, 1.807) is 0 Å². The fourth-order valence-electron chi connectivity index (χ4n) is 2.46. The van der Waals surface area contributed by atoms with Crippen molar-refractivity contribution in [2.45, 2.75) is 39.2 Å². The van der Waals surface area contributed by atoms with E-state index in [9.17, 15) is 4.79 Å². The smallest absolute Gasteiger partial charge is 0.239 e. The van der Waals surface area contributed by atoms with Gasteiger partial charge in [0.2, 0.25) is 5.91 Å². The van der Waals surface area contributed by atoms with E-state index < -0.39 is 0 Å². The summed E-state index contributed by atoms with van der Waals surface area (Å²) in [5, 5.41) is 0. The van der Waals surface area contributed by atoms with Gasteiger partial charge >= 0.3 is 0 Å². The second-order valence-electron chi connectivity index (χ2n) is 4.69. The van der Waals surface area contributed by atoms with Crippen molar-refractivity contribution < 1.29 is 4.79 Å². The quantitative estimate of drug-likeness (QED) is 0.865. The summed E-state index contributed by atoms with van der Waals surface area (Å²) in [6.07, 6.45) is 3.25. The summed E-state index contributed by atoms with van der Waals surface area (Å²) in [4.78, 5) is 13.4. The molecule has 1 heterocycles. The maximum atomic E-state index is 11.3. The minimum absolute atomic E-state index is 0.221. The topological polar surface area (TPSA) is 46.3 Å². The van der Waals surface area contributed by atoms with Gasteiger partial charge in [-0.2, -0.15) is 0 Å². The molecule has 0 saturated heterocycles. The van der Waals surface area contributed by atoms with E-state index in [4.69, 9.17) is 5.73 Å². The average molecular weight is 232 g/mol. The van der Waals surface area contributed by atoms with Gasteiger partial charge in [-0.25, -0.2) is 0 Å². The van der Waals surface area contributed by atoms with Crippen LogP contribution >= 0.6 is 0 Å². The Morgan fingerprint density at radius 1 is 1.53 bits per heavy atom. The van der Waals surface area contributed by atoms with Crippen LogP contribution in [0.5, 0.6) is 0 Å². The Balaban J connectivity index is 2.34. The summed E-state index contributed by atoms with van der Waals surface area (Å²) >= 11 is 0. The first-order valence-corrected chi connectivity index (χ1v) is 6.31. The molecule has 0 saturated carbocycles. The van der Waals surface area contributed by atoms with Gasteiger partial charge in [-0.15, -0.1) is 0 Å². The van der Waals surface area contributed by atoms with Gasteiger partial charge in [-0.1, -0.05) is 19.1 Å². The van der Waals surface area contributed by atoms with E-state index in [2.05, 4.69) is 30.0 Å². The number of fused-ring (bicyclic) bond motifs is 1. The van der Waals surface area contributed by atoms with E-state index in [1.807, 2.05) is 6.92 Å². The largest absolute Gasteiger partial charge is 0.368 e. The number of carbonyl (C=O) groups is 1. The highest BCUT2D eigenvalue weighted by Crippen LogP contribution is 2.29. The summed E-state index contributed by atoms with van der Waals surface area (Å²) in [5.41, 5.74) is 9.29. The molecule has 17 heavy (non-hydrogen) atoms. The molecule has 1 amide bonds. The van der Waals surface area contributed by atoms with E-state index in [1.165, 1.54) is 16.8 Å².